The fourth-order valence-corrected chi connectivity index (χ4v) is 3.58. The van der Waals surface area contributed by atoms with Crippen molar-refractivity contribution in [2.45, 2.75) is 50.6 Å². The highest BCUT2D eigenvalue weighted by molar-refractivity contribution is 5.75. The number of aromatic amines is 1. The van der Waals surface area contributed by atoms with E-state index in [1.807, 2.05) is 17.2 Å². The molecule has 5 nitrogen and oxygen atoms in total. The lowest BCUT2D eigenvalue weighted by Gasteiger charge is -2.28. The van der Waals surface area contributed by atoms with Crippen molar-refractivity contribution >= 4 is 6.03 Å². The molecule has 2 aliphatic carbocycles. The van der Waals surface area contributed by atoms with Crippen LogP contribution in [0, 0.1) is 5.82 Å². The van der Waals surface area contributed by atoms with Crippen LogP contribution in [0.2, 0.25) is 0 Å². The van der Waals surface area contributed by atoms with E-state index in [0.717, 1.165) is 37.7 Å². The van der Waals surface area contributed by atoms with E-state index in [-0.39, 0.29) is 17.9 Å². The van der Waals surface area contributed by atoms with E-state index in [1.165, 1.54) is 17.3 Å². The molecule has 2 aliphatic rings. The first-order chi connectivity index (χ1) is 12.2. The van der Waals surface area contributed by atoms with Crippen LogP contribution < -0.4 is 5.32 Å². The number of halogens is 1. The van der Waals surface area contributed by atoms with Gasteiger partial charge in [-0.3, -0.25) is 5.10 Å². The normalized spacial score (nSPS) is 19.3. The van der Waals surface area contributed by atoms with E-state index in [9.17, 15) is 9.18 Å². The third-order valence-electron chi connectivity index (χ3n) is 5.12. The van der Waals surface area contributed by atoms with Crippen molar-refractivity contribution in [2.24, 2.45) is 0 Å². The molecule has 2 N–H and O–H groups in total. The third-order valence-corrected chi connectivity index (χ3v) is 5.12. The molecule has 0 spiro atoms. The Hall–Kier alpha value is -2.37. The smallest absolute Gasteiger partial charge is 0.317 e. The number of amides is 2. The summed E-state index contributed by atoms with van der Waals surface area (Å²) in [6.45, 7) is 0.629. The van der Waals surface area contributed by atoms with Gasteiger partial charge in [-0.25, -0.2) is 9.18 Å². The molecule has 25 heavy (non-hydrogen) atoms. The topological polar surface area (TPSA) is 61.0 Å². The molecule has 0 unspecified atom stereocenters. The SMILES string of the molecule is O=C(N[C@H]1CCc2[nH]ncc2C1)N(CCc1cccc(F)c1)C1CC1. The van der Waals surface area contributed by atoms with Gasteiger partial charge in [0.15, 0.2) is 0 Å². The van der Waals surface area contributed by atoms with Crippen LogP contribution in [0.3, 0.4) is 0 Å². The first-order valence-corrected chi connectivity index (χ1v) is 9.02. The molecule has 0 aliphatic heterocycles. The number of H-pyrrole nitrogens is 1. The fraction of sp³-hybridized carbons (Fsp3) is 0.474. The molecule has 1 saturated carbocycles. The molecule has 2 aromatic rings. The van der Waals surface area contributed by atoms with Gasteiger partial charge in [0.05, 0.1) is 6.20 Å². The number of hydrogen-bond donors (Lipinski definition) is 2. The van der Waals surface area contributed by atoms with Crippen LogP contribution in [0.4, 0.5) is 9.18 Å². The number of carbonyl (C=O) groups is 1. The van der Waals surface area contributed by atoms with E-state index >= 15 is 0 Å². The lowest BCUT2D eigenvalue weighted by atomic mass is 9.94. The van der Waals surface area contributed by atoms with Crippen LogP contribution in [0.5, 0.6) is 0 Å². The average molecular weight is 342 g/mol. The van der Waals surface area contributed by atoms with Gasteiger partial charge in [-0.05, 0) is 61.8 Å². The van der Waals surface area contributed by atoms with Crippen molar-refractivity contribution in [2.75, 3.05) is 6.54 Å². The number of benzene rings is 1. The summed E-state index contributed by atoms with van der Waals surface area (Å²) in [6.07, 6.45) is 7.35. The molecule has 132 valence electrons. The van der Waals surface area contributed by atoms with Gasteiger partial charge < -0.3 is 10.2 Å². The van der Waals surface area contributed by atoms with Crippen molar-refractivity contribution in [3.63, 3.8) is 0 Å². The number of nitrogens with zero attached hydrogens (tertiary/aromatic N) is 2. The number of aromatic nitrogens is 2. The fourth-order valence-electron chi connectivity index (χ4n) is 3.58. The monoisotopic (exact) mass is 342 g/mol. The number of hydrogen-bond acceptors (Lipinski definition) is 2. The standard InChI is InChI=1S/C19H23FN4O/c20-15-3-1-2-13(10-15)8-9-24(17-5-6-17)19(25)22-16-4-7-18-14(11-16)12-21-23-18/h1-3,10,12,16-17H,4-9,11H2,(H,21,23)(H,22,25)/t16-/m0/s1. The van der Waals surface area contributed by atoms with E-state index in [0.29, 0.717) is 19.0 Å². The maximum absolute atomic E-state index is 13.3. The van der Waals surface area contributed by atoms with Gasteiger partial charge in [0.1, 0.15) is 5.82 Å². The summed E-state index contributed by atoms with van der Waals surface area (Å²) in [5, 5.41) is 10.3. The molecule has 1 heterocycles. The summed E-state index contributed by atoms with van der Waals surface area (Å²) in [5.41, 5.74) is 3.32. The summed E-state index contributed by atoms with van der Waals surface area (Å²) < 4.78 is 13.3. The Morgan fingerprint density at radius 1 is 1.36 bits per heavy atom. The molecule has 0 bridgehead atoms. The summed E-state index contributed by atoms with van der Waals surface area (Å²) in [5.74, 6) is -0.224. The van der Waals surface area contributed by atoms with Crippen molar-refractivity contribution < 1.29 is 9.18 Å². The Kier molecular flexibility index (Phi) is 4.42. The molecule has 6 heteroatoms. The third kappa shape index (κ3) is 3.83. The molecule has 2 amide bonds. The second-order valence-electron chi connectivity index (χ2n) is 7.07. The van der Waals surface area contributed by atoms with Gasteiger partial charge in [-0.2, -0.15) is 5.10 Å². The van der Waals surface area contributed by atoms with Crippen LogP contribution in [0.25, 0.3) is 0 Å². The predicted octanol–water partition coefficient (Wildman–Crippen LogP) is 2.82. The van der Waals surface area contributed by atoms with Gasteiger partial charge in [0.25, 0.3) is 0 Å². The molecule has 0 saturated heterocycles. The number of carbonyl (C=O) groups excluding carboxylic acids is 1. The minimum atomic E-state index is -0.224. The summed E-state index contributed by atoms with van der Waals surface area (Å²) in [6, 6.07) is 7.13. The summed E-state index contributed by atoms with van der Waals surface area (Å²) >= 11 is 0. The lowest BCUT2D eigenvalue weighted by Crippen LogP contribution is -2.48. The van der Waals surface area contributed by atoms with E-state index in [4.69, 9.17) is 0 Å². The van der Waals surface area contributed by atoms with Crippen molar-refractivity contribution in [3.8, 4) is 0 Å². The van der Waals surface area contributed by atoms with Crippen LogP contribution in [0.1, 0.15) is 36.1 Å². The Bertz CT molecular complexity index is 755. The van der Waals surface area contributed by atoms with Crippen molar-refractivity contribution in [1.82, 2.24) is 20.4 Å². The Morgan fingerprint density at radius 2 is 2.24 bits per heavy atom. The lowest BCUT2D eigenvalue weighted by molar-refractivity contribution is 0.190. The molecular weight excluding hydrogens is 319 g/mol. The summed E-state index contributed by atoms with van der Waals surface area (Å²) in [4.78, 5) is 14.7. The number of aryl methyl sites for hydroxylation is 1. The zero-order chi connectivity index (χ0) is 17.2. The highest BCUT2D eigenvalue weighted by Crippen LogP contribution is 2.27. The van der Waals surface area contributed by atoms with Crippen LogP contribution >= 0.6 is 0 Å². The van der Waals surface area contributed by atoms with Gasteiger partial charge in [0.2, 0.25) is 0 Å². The molecule has 1 atom stereocenters. The van der Waals surface area contributed by atoms with Gasteiger partial charge >= 0.3 is 6.03 Å². The zero-order valence-electron chi connectivity index (χ0n) is 14.2. The van der Waals surface area contributed by atoms with E-state index < -0.39 is 0 Å². The van der Waals surface area contributed by atoms with Crippen LogP contribution in [0.15, 0.2) is 30.5 Å². The van der Waals surface area contributed by atoms with E-state index in [2.05, 4.69) is 15.5 Å². The maximum Gasteiger partial charge on any atom is 0.317 e. The average Bonchev–Trinajstić information content (AvgIpc) is 3.32. The Labute approximate surface area is 146 Å². The largest absolute Gasteiger partial charge is 0.335 e. The number of rotatable bonds is 5. The minimum absolute atomic E-state index is 0.0100. The van der Waals surface area contributed by atoms with Gasteiger partial charge in [-0.15, -0.1) is 0 Å². The maximum atomic E-state index is 13.3. The minimum Gasteiger partial charge on any atom is -0.335 e. The molecular formula is C19H23FN4O. The molecule has 0 radical (unpaired) electrons. The van der Waals surface area contributed by atoms with E-state index in [1.54, 1.807) is 12.1 Å². The molecule has 1 aromatic heterocycles. The number of nitrogens with one attached hydrogen (secondary N) is 2. The number of urea groups is 1. The Morgan fingerprint density at radius 3 is 3.04 bits per heavy atom. The summed E-state index contributed by atoms with van der Waals surface area (Å²) in [7, 11) is 0. The molecule has 1 aromatic carbocycles. The van der Waals surface area contributed by atoms with Crippen LogP contribution in [-0.2, 0) is 19.3 Å². The second-order valence-corrected chi connectivity index (χ2v) is 7.07. The van der Waals surface area contributed by atoms with Crippen molar-refractivity contribution in [1.29, 1.82) is 0 Å². The first kappa shape index (κ1) is 16.1. The Balaban J connectivity index is 1.35. The molecule has 4 rings (SSSR count). The highest BCUT2D eigenvalue weighted by atomic mass is 19.1. The zero-order valence-corrected chi connectivity index (χ0v) is 14.2. The number of fused-ring (bicyclic) bond motifs is 1. The first-order valence-electron chi connectivity index (χ1n) is 9.02. The van der Waals surface area contributed by atoms with Gasteiger partial charge in [0, 0.05) is 24.3 Å². The molecule has 1 fully saturated rings. The highest BCUT2D eigenvalue weighted by Gasteiger charge is 2.33. The van der Waals surface area contributed by atoms with Crippen molar-refractivity contribution in [3.05, 3.63) is 53.1 Å². The van der Waals surface area contributed by atoms with Crippen LogP contribution in [-0.4, -0.2) is 39.8 Å². The predicted molar refractivity (Wildman–Crippen MR) is 92.8 cm³/mol. The quantitative estimate of drug-likeness (QED) is 0.878. The second kappa shape index (κ2) is 6.86. The van der Waals surface area contributed by atoms with Gasteiger partial charge in [-0.1, -0.05) is 12.1 Å².